The van der Waals surface area contributed by atoms with Gasteiger partial charge in [-0.05, 0) is 46.2 Å². The molecule has 1 aliphatic rings. The van der Waals surface area contributed by atoms with Crippen LogP contribution in [-0.2, 0) is 20.6 Å². The first-order valence-electron chi connectivity index (χ1n) is 12.3. The first kappa shape index (κ1) is 29.6. The molecule has 1 saturated heterocycles. The minimum atomic E-state index is -2.91. The number of halogens is 1. The average molecular weight is 543 g/mol. The summed E-state index contributed by atoms with van der Waals surface area (Å²) < 4.78 is 42.3. The molecule has 1 fully saturated rings. The van der Waals surface area contributed by atoms with Crippen LogP contribution in [0, 0.1) is 12.7 Å². The summed E-state index contributed by atoms with van der Waals surface area (Å²) in [4.78, 5) is 11.6. The third-order valence-electron chi connectivity index (χ3n) is 6.05. The fourth-order valence-corrected chi connectivity index (χ4v) is 4.08. The Bertz CT molecular complexity index is 1110. The highest BCUT2D eigenvalue weighted by atomic mass is 19.1. The van der Waals surface area contributed by atoms with Gasteiger partial charge in [0, 0.05) is 29.8 Å². The number of hydrogen-bond donors (Lipinski definition) is 4. The fourth-order valence-electron chi connectivity index (χ4n) is 4.08. The molecule has 0 saturated carbocycles. The number of nitrogens with zero attached hydrogens (tertiary/aromatic N) is 2. The van der Waals surface area contributed by atoms with Crippen molar-refractivity contribution < 1.29 is 53.3 Å². The van der Waals surface area contributed by atoms with Gasteiger partial charge in [0.15, 0.2) is 6.10 Å². The van der Waals surface area contributed by atoms with Crippen LogP contribution < -0.4 is 9.47 Å². The summed E-state index contributed by atoms with van der Waals surface area (Å²) in [7, 11) is 0. The third kappa shape index (κ3) is 6.35. The highest BCUT2D eigenvalue weighted by Gasteiger charge is 2.56. The lowest BCUT2D eigenvalue weighted by atomic mass is 9.97. The maximum absolute atomic E-state index is 14.9. The van der Waals surface area contributed by atoms with Crippen molar-refractivity contribution >= 4 is 6.16 Å². The van der Waals surface area contributed by atoms with E-state index in [0.717, 1.165) is 0 Å². The Hall–Kier alpha value is -2.97. The number of aromatic nitrogens is 2. The molecule has 2 heterocycles. The number of aliphatic hydroxyl groups is 4. The zero-order valence-corrected chi connectivity index (χ0v) is 22.0. The van der Waals surface area contributed by atoms with E-state index in [9.17, 15) is 29.6 Å². The minimum absolute atomic E-state index is 0.00111. The van der Waals surface area contributed by atoms with Gasteiger partial charge in [0.05, 0.1) is 13.2 Å². The zero-order valence-electron chi connectivity index (χ0n) is 22.0. The molecule has 38 heavy (non-hydrogen) atoms. The van der Waals surface area contributed by atoms with E-state index < -0.39 is 49.0 Å². The van der Waals surface area contributed by atoms with E-state index in [0.29, 0.717) is 23.6 Å². The molecule has 13 heteroatoms. The molecule has 0 spiro atoms. The van der Waals surface area contributed by atoms with Gasteiger partial charge < -0.3 is 44.1 Å². The number of aliphatic hydroxyl groups excluding tert-OH is 3. The van der Waals surface area contributed by atoms with Gasteiger partial charge in [0.25, 0.3) is 0 Å². The maximum atomic E-state index is 14.9. The number of rotatable bonds is 10. The van der Waals surface area contributed by atoms with Gasteiger partial charge in [0.2, 0.25) is 5.88 Å². The fraction of sp³-hybridized carbons (Fsp3) is 0.600. The summed E-state index contributed by atoms with van der Waals surface area (Å²) in [5, 5.41) is 46.7. The van der Waals surface area contributed by atoms with Crippen molar-refractivity contribution in [3.8, 4) is 11.6 Å². The van der Waals surface area contributed by atoms with Crippen molar-refractivity contribution in [3.63, 3.8) is 0 Å². The standard InChI is InChI=1S/C25H35FN2O10/c1-6-34-16-9-8-15(18(26)11-16)10-17-14(5)28(13(3)4)27-23(17)38-25(33)22(31)21(30)20(29)19(37-25)12-36-24(32)35-7-2/h8-9,11,13,19-22,29-31,33H,6-7,10,12H2,1-5H3/t19-,20-,21+,22-,25+/m1/s1. The number of carbonyl (C=O) groups is 1. The lowest BCUT2D eigenvalue weighted by Gasteiger charge is -2.44. The normalized spacial score (nSPS) is 25.3. The maximum Gasteiger partial charge on any atom is 0.508 e. The molecule has 1 aromatic heterocycles. The van der Waals surface area contributed by atoms with Gasteiger partial charge in [-0.25, -0.2) is 9.18 Å². The largest absolute Gasteiger partial charge is 0.508 e. The van der Waals surface area contributed by atoms with Crippen molar-refractivity contribution in [2.45, 2.75) is 77.5 Å². The van der Waals surface area contributed by atoms with Gasteiger partial charge in [-0.3, -0.25) is 4.68 Å². The Balaban J connectivity index is 1.92. The Morgan fingerprint density at radius 2 is 1.89 bits per heavy atom. The smallest absolute Gasteiger partial charge is 0.494 e. The molecule has 2 aromatic rings. The van der Waals surface area contributed by atoms with E-state index in [1.54, 1.807) is 37.6 Å². The SMILES string of the molecule is CCOC(=O)OC[C@H]1O[C@](O)(Oc2nn(C(C)C)c(C)c2Cc2ccc(OCC)cc2F)[C@H](O)[C@@H](O)[C@@H]1O. The minimum Gasteiger partial charge on any atom is -0.494 e. The van der Waals surface area contributed by atoms with Crippen LogP contribution in [0.1, 0.15) is 50.6 Å². The third-order valence-corrected chi connectivity index (χ3v) is 6.05. The molecule has 4 N–H and O–H groups in total. The lowest BCUT2D eigenvalue weighted by Crippen LogP contribution is -2.67. The second kappa shape index (κ2) is 12.3. The summed E-state index contributed by atoms with van der Waals surface area (Å²) in [6, 6.07) is 4.29. The van der Waals surface area contributed by atoms with Crippen molar-refractivity contribution in [3.05, 3.63) is 40.8 Å². The summed E-state index contributed by atoms with van der Waals surface area (Å²) in [5.74, 6) is -3.26. The molecule has 1 aliphatic heterocycles. The van der Waals surface area contributed by atoms with Crippen LogP contribution in [0.25, 0.3) is 0 Å². The van der Waals surface area contributed by atoms with Crippen molar-refractivity contribution in [1.82, 2.24) is 9.78 Å². The second-order valence-electron chi connectivity index (χ2n) is 9.08. The van der Waals surface area contributed by atoms with Gasteiger partial charge in [0.1, 0.15) is 36.5 Å². The molecule has 0 amide bonds. The molecule has 212 valence electrons. The summed E-state index contributed by atoms with van der Waals surface area (Å²) in [5.41, 5.74) is 1.27. The molecular formula is C25H35FN2O10. The number of ether oxygens (including phenoxy) is 5. The molecule has 0 radical (unpaired) electrons. The zero-order chi connectivity index (χ0) is 28.2. The van der Waals surface area contributed by atoms with E-state index in [1.165, 1.54) is 6.07 Å². The van der Waals surface area contributed by atoms with E-state index in [4.69, 9.17) is 18.9 Å². The van der Waals surface area contributed by atoms with Crippen LogP contribution in [0.2, 0.25) is 0 Å². The predicted octanol–water partition coefficient (Wildman–Crippen LogP) is 1.58. The van der Waals surface area contributed by atoms with Crippen LogP contribution in [0.5, 0.6) is 11.6 Å². The Kier molecular flexibility index (Phi) is 9.54. The highest BCUT2D eigenvalue weighted by molar-refractivity contribution is 5.59. The van der Waals surface area contributed by atoms with Crippen LogP contribution in [0.4, 0.5) is 9.18 Å². The summed E-state index contributed by atoms with van der Waals surface area (Å²) >= 11 is 0. The molecule has 12 nitrogen and oxygen atoms in total. The van der Waals surface area contributed by atoms with E-state index in [1.807, 2.05) is 13.8 Å². The Morgan fingerprint density at radius 3 is 2.50 bits per heavy atom. The lowest BCUT2D eigenvalue weighted by molar-refractivity contribution is -0.423. The van der Waals surface area contributed by atoms with Gasteiger partial charge >= 0.3 is 12.1 Å². The molecule has 0 aliphatic carbocycles. The number of benzene rings is 1. The second-order valence-corrected chi connectivity index (χ2v) is 9.08. The molecule has 5 atom stereocenters. The highest BCUT2D eigenvalue weighted by Crippen LogP contribution is 2.35. The van der Waals surface area contributed by atoms with E-state index in [-0.39, 0.29) is 30.5 Å². The summed E-state index contributed by atoms with van der Waals surface area (Å²) in [6.07, 6.45) is -8.38. The molecule has 0 bridgehead atoms. The van der Waals surface area contributed by atoms with Crippen molar-refractivity contribution in [2.75, 3.05) is 19.8 Å². The topological polar surface area (TPSA) is 162 Å². The number of hydrogen-bond acceptors (Lipinski definition) is 11. The molecule has 1 aromatic carbocycles. The summed E-state index contributed by atoms with van der Waals surface area (Å²) in [6.45, 7) is 8.59. The Morgan fingerprint density at radius 1 is 1.18 bits per heavy atom. The first-order valence-corrected chi connectivity index (χ1v) is 12.3. The monoisotopic (exact) mass is 542 g/mol. The van der Waals surface area contributed by atoms with Crippen LogP contribution in [-0.4, -0.2) is 86.6 Å². The van der Waals surface area contributed by atoms with Crippen LogP contribution in [0.15, 0.2) is 18.2 Å². The van der Waals surface area contributed by atoms with E-state index in [2.05, 4.69) is 9.84 Å². The van der Waals surface area contributed by atoms with Crippen LogP contribution >= 0.6 is 0 Å². The molecule has 3 rings (SSSR count). The molecular weight excluding hydrogens is 507 g/mol. The van der Waals surface area contributed by atoms with Gasteiger partial charge in [-0.1, -0.05) is 6.07 Å². The Labute approximate surface area is 219 Å². The van der Waals surface area contributed by atoms with E-state index >= 15 is 0 Å². The van der Waals surface area contributed by atoms with Gasteiger partial charge in [-0.15, -0.1) is 5.10 Å². The quantitative estimate of drug-likeness (QED) is 0.255. The molecule has 0 unspecified atom stereocenters. The average Bonchev–Trinajstić information content (AvgIpc) is 3.16. The number of carbonyl (C=O) groups excluding carboxylic acids is 1. The van der Waals surface area contributed by atoms with Crippen molar-refractivity contribution in [2.24, 2.45) is 0 Å². The van der Waals surface area contributed by atoms with Crippen LogP contribution in [0.3, 0.4) is 0 Å². The van der Waals surface area contributed by atoms with Crippen molar-refractivity contribution in [1.29, 1.82) is 0 Å². The predicted molar refractivity (Wildman–Crippen MR) is 129 cm³/mol. The van der Waals surface area contributed by atoms with Gasteiger partial charge in [-0.2, -0.15) is 0 Å². The first-order chi connectivity index (χ1) is 17.9.